The number of hydrogen-bond donors (Lipinski definition) is 1. The maximum absolute atomic E-state index is 8.15. The van der Waals surface area contributed by atoms with Crippen molar-refractivity contribution < 1.29 is 14.5 Å². The minimum atomic E-state index is -0.513. The molecule has 0 saturated heterocycles. The molecule has 2 unspecified atom stereocenters. The van der Waals surface area contributed by atoms with Crippen LogP contribution in [0.2, 0.25) is 0 Å². The summed E-state index contributed by atoms with van der Waals surface area (Å²) >= 11 is 0. The van der Waals surface area contributed by atoms with Crippen LogP contribution in [0.3, 0.4) is 0 Å². The molecule has 0 fully saturated rings. The Bertz CT molecular complexity index is 148. The molecule has 0 aromatic carbocycles. The number of nitrogens with one attached hydrogen (secondary N) is 2. The zero-order chi connectivity index (χ0) is 11.4. The van der Waals surface area contributed by atoms with Crippen LogP contribution in [0.1, 0.15) is 40.5 Å². The first-order valence-corrected chi connectivity index (χ1v) is 5.10. The quantitative estimate of drug-likeness (QED) is 0.525. The molecule has 0 heterocycles. The first kappa shape index (κ1) is 13.8. The Kier molecular flexibility index (Phi) is 5.01. The summed E-state index contributed by atoms with van der Waals surface area (Å²) in [6, 6.07) is 0. The van der Waals surface area contributed by atoms with Crippen molar-refractivity contribution in [3.05, 3.63) is 5.84 Å². The van der Waals surface area contributed by atoms with Gasteiger partial charge in [0.05, 0.1) is 0 Å². The first-order chi connectivity index (χ1) is 6.40. The predicted octanol–water partition coefficient (Wildman–Crippen LogP) is 1.38. The van der Waals surface area contributed by atoms with Gasteiger partial charge in [0, 0.05) is 40.9 Å². The molecule has 4 nitrogen and oxygen atoms in total. The van der Waals surface area contributed by atoms with Crippen LogP contribution >= 0.6 is 0 Å². The summed E-state index contributed by atoms with van der Waals surface area (Å²) in [4.78, 5) is 0. The van der Waals surface area contributed by atoms with Crippen LogP contribution in [0.4, 0.5) is 0 Å². The second-order valence-corrected chi connectivity index (χ2v) is 3.95. The molecule has 0 spiro atoms. The van der Waals surface area contributed by atoms with Crippen molar-refractivity contribution in [2.45, 2.75) is 52.0 Å². The van der Waals surface area contributed by atoms with Gasteiger partial charge in [-0.2, -0.15) is 0 Å². The van der Waals surface area contributed by atoms with Crippen LogP contribution in [-0.2, 0) is 9.47 Å². The van der Waals surface area contributed by atoms with Crippen LogP contribution in [0.25, 0.3) is 5.84 Å². The molecule has 86 valence electrons. The summed E-state index contributed by atoms with van der Waals surface area (Å²) in [6.45, 7) is 7.90. The molecule has 4 heteroatoms. The van der Waals surface area contributed by atoms with Crippen LogP contribution in [0.5, 0.6) is 0 Å². The fraction of sp³-hybridized carbons (Fsp3) is 1.00. The SMILES string of the molecule is CCC(C)(OC)[NH+]([NH-])C(C)(CC)OC. The van der Waals surface area contributed by atoms with E-state index >= 15 is 0 Å². The van der Waals surface area contributed by atoms with Gasteiger partial charge in [0.15, 0.2) is 11.4 Å². The van der Waals surface area contributed by atoms with Crippen molar-refractivity contribution in [3.63, 3.8) is 0 Å². The molecular formula is C10H24N2O2. The second kappa shape index (κ2) is 5.07. The summed E-state index contributed by atoms with van der Waals surface area (Å²) in [5.74, 6) is 8.15. The lowest BCUT2D eigenvalue weighted by molar-refractivity contribution is -1.00. The molecule has 0 aliphatic carbocycles. The number of quaternary nitrogens is 1. The van der Waals surface area contributed by atoms with E-state index in [0.717, 1.165) is 12.8 Å². The first-order valence-electron chi connectivity index (χ1n) is 5.10. The van der Waals surface area contributed by atoms with Crippen molar-refractivity contribution in [1.29, 1.82) is 0 Å². The fourth-order valence-electron chi connectivity index (χ4n) is 1.41. The molecule has 0 bridgehead atoms. The Hall–Kier alpha value is -0.160. The summed E-state index contributed by atoms with van der Waals surface area (Å²) < 4.78 is 10.8. The fourth-order valence-corrected chi connectivity index (χ4v) is 1.41. The van der Waals surface area contributed by atoms with E-state index in [-0.39, 0.29) is 0 Å². The largest absolute Gasteiger partial charge is 0.465 e. The van der Waals surface area contributed by atoms with E-state index in [0.29, 0.717) is 5.01 Å². The predicted molar refractivity (Wildman–Crippen MR) is 56.7 cm³/mol. The Morgan fingerprint density at radius 1 is 1.00 bits per heavy atom. The highest BCUT2D eigenvalue weighted by molar-refractivity contribution is 4.65. The molecule has 0 aromatic heterocycles. The van der Waals surface area contributed by atoms with Crippen LogP contribution in [0.15, 0.2) is 0 Å². The molecular weight excluding hydrogens is 180 g/mol. The van der Waals surface area contributed by atoms with Gasteiger partial charge in [-0.05, 0) is 0 Å². The van der Waals surface area contributed by atoms with E-state index in [9.17, 15) is 0 Å². The zero-order valence-corrected chi connectivity index (χ0v) is 10.2. The average molecular weight is 204 g/mol. The monoisotopic (exact) mass is 204 g/mol. The van der Waals surface area contributed by atoms with Gasteiger partial charge in [-0.15, -0.1) is 0 Å². The third-order valence-electron chi connectivity index (χ3n) is 3.31. The topological polar surface area (TPSA) is 46.7 Å². The zero-order valence-electron chi connectivity index (χ0n) is 10.2. The van der Waals surface area contributed by atoms with E-state index in [4.69, 9.17) is 15.3 Å². The van der Waals surface area contributed by atoms with E-state index in [1.54, 1.807) is 14.2 Å². The third-order valence-corrected chi connectivity index (χ3v) is 3.31. The summed E-state index contributed by atoms with van der Waals surface area (Å²) in [6.07, 6.45) is 1.56. The molecule has 0 saturated carbocycles. The highest BCUT2D eigenvalue weighted by atomic mass is 16.5. The maximum atomic E-state index is 8.15. The Balaban J connectivity index is 4.80. The van der Waals surface area contributed by atoms with E-state index in [2.05, 4.69) is 0 Å². The number of hydrogen-bond acceptors (Lipinski definition) is 2. The minimum Gasteiger partial charge on any atom is -0.465 e. The molecule has 0 aliphatic rings. The van der Waals surface area contributed by atoms with Gasteiger partial charge in [0.2, 0.25) is 0 Å². The van der Waals surface area contributed by atoms with Gasteiger partial charge in [-0.1, -0.05) is 13.8 Å². The third kappa shape index (κ3) is 2.45. The van der Waals surface area contributed by atoms with Gasteiger partial charge in [0.1, 0.15) is 0 Å². The molecule has 0 radical (unpaired) electrons. The van der Waals surface area contributed by atoms with E-state index < -0.39 is 11.4 Å². The highest BCUT2D eigenvalue weighted by Crippen LogP contribution is 2.13. The maximum Gasteiger partial charge on any atom is 0.191 e. The van der Waals surface area contributed by atoms with Gasteiger partial charge >= 0.3 is 0 Å². The van der Waals surface area contributed by atoms with Crippen molar-refractivity contribution in [2.75, 3.05) is 14.2 Å². The second-order valence-electron chi connectivity index (χ2n) is 3.95. The molecule has 2 N–H and O–H groups in total. The summed E-state index contributed by atoms with van der Waals surface area (Å²) in [5, 5.41) is 0.514. The lowest BCUT2D eigenvalue weighted by Crippen LogP contribution is -3.22. The van der Waals surface area contributed by atoms with E-state index in [1.165, 1.54) is 0 Å². The highest BCUT2D eigenvalue weighted by Gasteiger charge is 2.40. The van der Waals surface area contributed by atoms with Crippen molar-refractivity contribution in [1.82, 2.24) is 0 Å². The van der Waals surface area contributed by atoms with Crippen molar-refractivity contribution >= 4 is 0 Å². The number of rotatable bonds is 6. The van der Waals surface area contributed by atoms with Gasteiger partial charge < -0.3 is 20.3 Å². The van der Waals surface area contributed by atoms with E-state index in [1.807, 2.05) is 27.7 Å². The standard InChI is InChI=1S/C10H24N2O2/c1-7-9(3,13-5)12(11)10(4,8-2)14-6/h11-12H,7-8H2,1-6H3. The Morgan fingerprint density at radius 3 is 1.43 bits per heavy atom. The average Bonchev–Trinajstić information content (AvgIpc) is 2.25. The molecule has 0 amide bonds. The smallest absolute Gasteiger partial charge is 0.191 e. The lowest BCUT2D eigenvalue weighted by Gasteiger charge is -2.48. The number of ether oxygens (including phenoxy) is 2. The lowest BCUT2D eigenvalue weighted by atomic mass is 10.1. The van der Waals surface area contributed by atoms with Crippen LogP contribution in [-0.4, -0.2) is 25.7 Å². The van der Waals surface area contributed by atoms with Crippen LogP contribution in [0, 0.1) is 0 Å². The van der Waals surface area contributed by atoms with Gasteiger partial charge in [-0.25, -0.2) is 0 Å². The van der Waals surface area contributed by atoms with Crippen molar-refractivity contribution in [3.8, 4) is 0 Å². The molecule has 14 heavy (non-hydrogen) atoms. The normalized spacial score (nSPS) is 22.5. The Morgan fingerprint density at radius 2 is 1.29 bits per heavy atom. The Labute approximate surface area is 87.3 Å². The number of methoxy groups -OCH3 is 2. The molecule has 0 aromatic rings. The summed E-state index contributed by atoms with van der Waals surface area (Å²) in [5.41, 5.74) is -1.03. The molecule has 0 aliphatic heterocycles. The van der Waals surface area contributed by atoms with Gasteiger partial charge in [0.25, 0.3) is 0 Å². The minimum absolute atomic E-state index is 0.513. The summed E-state index contributed by atoms with van der Waals surface area (Å²) in [7, 11) is 3.29. The molecule has 2 atom stereocenters. The van der Waals surface area contributed by atoms with Crippen molar-refractivity contribution in [2.24, 2.45) is 0 Å². The van der Waals surface area contributed by atoms with Gasteiger partial charge in [-0.3, -0.25) is 0 Å². The van der Waals surface area contributed by atoms with Crippen LogP contribution < -0.4 is 5.01 Å². The molecule has 0 rings (SSSR count).